The Morgan fingerprint density at radius 3 is 2.41 bits per heavy atom. The lowest BCUT2D eigenvalue weighted by Gasteiger charge is -2.07. The number of fused-ring (bicyclic) bond motifs is 1. The zero-order valence-electron chi connectivity index (χ0n) is 12.6. The molecule has 0 fully saturated rings. The molecule has 1 aliphatic rings. The first-order valence-corrected chi connectivity index (χ1v) is 8.28. The highest BCUT2D eigenvalue weighted by molar-refractivity contribution is 7.90. The van der Waals surface area contributed by atoms with Crippen molar-refractivity contribution in [3.8, 4) is 0 Å². The van der Waals surface area contributed by atoms with Crippen LogP contribution in [0.4, 0.5) is 0 Å². The zero-order valence-corrected chi connectivity index (χ0v) is 13.4. The molecule has 1 heterocycles. The fraction of sp³-hybridized carbons (Fsp3) is 0.167. The van der Waals surface area contributed by atoms with Crippen molar-refractivity contribution in [2.45, 2.75) is 25.3 Å². The number of amides is 1. The van der Waals surface area contributed by atoms with Crippen LogP contribution in [-0.2, 0) is 22.1 Å². The third kappa shape index (κ3) is 2.62. The van der Waals surface area contributed by atoms with Crippen molar-refractivity contribution in [1.29, 1.82) is 0 Å². The van der Waals surface area contributed by atoms with E-state index in [9.17, 15) is 9.00 Å². The van der Waals surface area contributed by atoms with Crippen LogP contribution in [0.15, 0.2) is 58.3 Å². The summed E-state index contributed by atoms with van der Waals surface area (Å²) in [6, 6.07) is 15.4. The smallest absolute Gasteiger partial charge is 0.261 e. The van der Waals surface area contributed by atoms with Gasteiger partial charge in [-0.05, 0) is 36.6 Å². The highest BCUT2D eigenvalue weighted by Gasteiger charge is 2.30. The molecule has 0 bridgehead atoms. The van der Waals surface area contributed by atoms with Crippen molar-refractivity contribution in [2.24, 2.45) is 0 Å². The molecule has 3 nitrogen and oxygen atoms in total. The largest absolute Gasteiger partial charge is 0.347 e. The Bertz CT molecular complexity index is 791. The second kappa shape index (κ2) is 5.89. The van der Waals surface area contributed by atoms with Gasteiger partial charge in [0.1, 0.15) is 4.91 Å². The van der Waals surface area contributed by atoms with Crippen LogP contribution in [0.3, 0.4) is 0 Å². The molecule has 0 radical (unpaired) electrons. The van der Waals surface area contributed by atoms with Crippen molar-refractivity contribution in [2.75, 3.05) is 0 Å². The molecular weight excluding hydrogens is 294 g/mol. The summed E-state index contributed by atoms with van der Waals surface area (Å²) in [5, 5.41) is 2.87. The third-order valence-corrected chi connectivity index (χ3v) is 5.41. The molecule has 0 saturated carbocycles. The summed E-state index contributed by atoms with van der Waals surface area (Å²) in [6.07, 6.45) is 0. The van der Waals surface area contributed by atoms with Gasteiger partial charge in [-0.1, -0.05) is 48.0 Å². The molecule has 0 aromatic heterocycles. The Balaban J connectivity index is 1.77. The molecule has 0 aliphatic carbocycles. The monoisotopic (exact) mass is 311 g/mol. The first kappa shape index (κ1) is 14.7. The van der Waals surface area contributed by atoms with Crippen LogP contribution in [-0.4, -0.2) is 10.1 Å². The van der Waals surface area contributed by atoms with Crippen LogP contribution >= 0.6 is 0 Å². The molecule has 1 atom stereocenters. The van der Waals surface area contributed by atoms with Crippen LogP contribution in [0.25, 0.3) is 5.57 Å². The first-order valence-electron chi connectivity index (χ1n) is 7.13. The van der Waals surface area contributed by atoms with Crippen LogP contribution in [0.5, 0.6) is 0 Å². The molecule has 3 rings (SSSR count). The van der Waals surface area contributed by atoms with Gasteiger partial charge in [0.05, 0.1) is 15.7 Å². The van der Waals surface area contributed by atoms with Gasteiger partial charge in [-0.25, -0.2) is 4.21 Å². The zero-order chi connectivity index (χ0) is 15.7. The number of aryl methyl sites for hydroxylation is 1. The van der Waals surface area contributed by atoms with Gasteiger partial charge in [0.15, 0.2) is 0 Å². The first-order chi connectivity index (χ1) is 10.6. The second-order valence-corrected chi connectivity index (χ2v) is 6.77. The van der Waals surface area contributed by atoms with Crippen LogP contribution in [0, 0.1) is 6.92 Å². The molecule has 1 N–H and O–H groups in total. The summed E-state index contributed by atoms with van der Waals surface area (Å²) < 4.78 is 12.5. The summed E-state index contributed by atoms with van der Waals surface area (Å²) in [4.78, 5) is 13.5. The number of nitrogens with one attached hydrogen (secondary N) is 1. The number of carbonyl (C=O) groups is 1. The highest BCUT2D eigenvalue weighted by atomic mass is 32.2. The van der Waals surface area contributed by atoms with Crippen LogP contribution < -0.4 is 5.32 Å². The number of allylic oxidation sites excluding steroid dienone is 1. The van der Waals surface area contributed by atoms with Crippen molar-refractivity contribution >= 4 is 22.3 Å². The third-order valence-electron chi connectivity index (χ3n) is 3.80. The molecule has 0 spiro atoms. The maximum Gasteiger partial charge on any atom is 0.261 e. The summed E-state index contributed by atoms with van der Waals surface area (Å²) >= 11 is 0. The molecule has 1 amide bonds. The van der Waals surface area contributed by atoms with Gasteiger partial charge in [-0.3, -0.25) is 4.79 Å². The standard InChI is InChI=1S/C18H17NO2S/c1-12-7-9-14(10-8-12)11-19-18(20)17-13(2)15-5-3-4-6-16(15)22(17)21/h3-10H,11H2,1-2H3,(H,19,20). The number of benzene rings is 2. The fourth-order valence-corrected chi connectivity index (χ4v) is 4.00. The van der Waals surface area contributed by atoms with Crippen LogP contribution in [0.1, 0.15) is 23.6 Å². The lowest BCUT2D eigenvalue weighted by atomic mass is 10.1. The Morgan fingerprint density at radius 2 is 1.73 bits per heavy atom. The van der Waals surface area contributed by atoms with Crippen LogP contribution in [0.2, 0.25) is 0 Å². The molecule has 2 aromatic rings. The minimum atomic E-state index is -1.39. The molecular formula is C18H17NO2S. The minimum absolute atomic E-state index is 0.257. The topological polar surface area (TPSA) is 46.2 Å². The summed E-state index contributed by atoms with van der Waals surface area (Å²) in [7, 11) is -1.39. The molecule has 22 heavy (non-hydrogen) atoms. The number of carbonyl (C=O) groups excluding carboxylic acids is 1. The fourth-order valence-electron chi connectivity index (χ4n) is 2.53. The quantitative estimate of drug-likeness (QED) is 0.946. The Kier molecular flexibility index (Phi) is 3.94. The minimum Gasteiger partial charge on any atom is -0.347 e. The van der Waals surface area contributed by atoms with E-state index in [4.69, 9.17) is 0 Å². The van der Waals surface area contributed by atoms with Gasteiger partial charge in [0.25, 0.3) is 5.91 Å². The molecule has 2 aromatic carbocycles. The second-order valence-electron chi connectivity index (χ2n) is 5.39. The van der Waals surface area contributed by atoms with Gasteiger partial charge in [-0.2, -0.15) is 0 Å². The van der Waals surface area contributed by atoms with Gasteiger partial charge in [0.2, 0.25) is 0 Å². The van der Waals surface area contributed by atoms with Gasteiger partial charge >= 0.3 is 0 Å². The summed E-state index contributed by atoms with van der Waals surface area (Å²) in [6.45, 7) is 4.31. The predicted octanol–water partition coefficient (Wildman–Crippen LogP) is 3.16. The van der Waals surface area contributed by atoms with E-state index in [1.54, 1.807) is 0 Å². The predicted molar refractivity (Wildman–Crippen MR) is 88.5 cm³/mol. The average Bonchev–Trinajstić information content (AvgIpc) is 2.79. The maximum absolute atomic E-state index is 12.5. The van der Waals surface area contributed by atoms with Gasteiger partial charge < -0.3 is 5.32 Å². The van der Waals surface area contributed by atoms with Gasteiger partial charge in [0, 0.05) is 6.54 Å². The normalized spacial score (nSPS) is 16.5. The summed E-state index contributed by atoms with van der Waals surface area (Å²) in [5.41, 5.74) is 3.91. The van der Waals surface area contributed by atoms with E-state index < -0.39 is 10.8 Å². The van der Waals surface area contributed by atoms with Crippen molar-refractivity contribution in [3.05, 3.63) is 70.1 Å². The van der Waals surface area contributed by atoms with E-state index in [2.05, 4.69) is 5.32 Å². The molecule has 112 valence electrons. The van der Waals surface area contributed by atoms with Crippen molar-refractivity contribution in [1.82, 2.24) is 5.32 Å². The van der Waals surface area contributed by atoms with E-state index in [0.29, 0.717) is 11.4 Å². The molecule has 4 heteroatoms. The van der Waals surface area contributed by atoms with Crippen molar-refractivity contribution < 1.29 is 9.00 Å². The van der Waals surface area contributed by atoms with E-state index in [0.717, 1.165) is 21.6 Å². The van der Waals surface area contributed by atoms with Gasteiger partial charge in [-0.15, -0.1) is 0 Å². The Morgan fingerprint density at radius 1 is 1.05 bits per heavy atom. The SMILES string of the molecule is CC1=C(C(=O)NCc2ccc(C)cc2)S(=O)c2ccccc21. The number of hydrogen-bond donors (Lipinski definition) is 1. The van der Waals surface area contributed by atoms with E-state index in [1.807, 2.05) is 62.4 Å². The number of hydrogen-bond acceptors (Lipinski definition) is 2. The Hall–Kier alpha value is -2.20. The molecule has 1 aliphatic heterocycles. The van der Waals surface area contributed by atoms with E-state index >= 15 is 0 Å². The number of rotatable bonds is 3. The molecule has 1 unspecified atom stereocenters. The van der Waals surface area contributed by atoms with E-state index in [-0.39, 0.29) is 5.91 Å². The van der Waals surface area contributed by atoms with Crippen molar-refractivity contribution in [3.63, 3.8) is 0 Å². The highest BCUT2D eigenvalue weighted by Crippen LogP contribution is 2.35. The maximum atomic E-state index is 12.5. The van der Waals surface area contributed by atoms with E-state index in [1.165, 1.54) is 5.56 Å². The molecule has 0 saturated heterocycles. The summed E-state index contributed by atoms with van der Waals surface area (Å²) in [5.74, 6) is -0.257. The lowest BCUT2D eigenvalue weighted by molar-refractivity contribution is -0.116. The average molecular weight is 311 g/mol. The lowest BCUT2D eigenvalue weighted by Crippen LogP contribution is -2.25. The Labute approximate surface area is 132 Å².